The van der Waals surface area contributed by atoms with Gasteiger partial charge in [-0.1, -0.05) is 30.4 Å². The summed E-state index contributed by atoms with van der Waals surface area (Å²) < 4.78 is 11.6. The van der Waals surface area contributed by atoms with Crippen molar-refractivity contribution in [2.75, 3.05) is 13.1 Å². The highest BCUT2D eigenvalue weighted by Crippen LogP contribution is 2.52. The number of nitrogens with zero attached hydrogens (tertiary/aromatic N) is 1. The van der Waals surface area contributed by atoms with Gasteiger partial charge >= 0.3 is 0 Å². The molecule has 7 nitrogen and oxygen atoms in total. The summed E-state index contributed by atoms with van der Waals surface area (Å²) in [6.07, 6.45) is 7.87. The van der Waals surface area contributed by atoms with E-state index in [0.717, 1.165) is 23.3 Å². The number of likely N-dealkylation sites (tertiary alicyclic amines) is 1. The van der Waals surface area contributed by atoms with Gasteiger partial charge in [-0.3, -0.25) is 9.59 Å². The number of H-pyrrole nitrogens is 1. The van der Waals surface area contributed by atoms with E-state index in [2.05, 4.69) is 16.4 Å². The standard InChI is InChI=1S/C24H23N3O4/c28-22(25-10-8-15-12-26-18-6-2-1-5-17(15)18)20-19-7-9-24(31-19)14-27(23(29)21(20)24)13-16-4-3-11-30-16/h1-7,9,11-12,19-21,26H,8,10,13-14H2,(H,25,28)/t19-,20?,21?,24?/m1/s1. The highest BCUT2D eigenvalue weighted by molar-refractivity contribution is 5.93. The van der Waals surface area contributed by atoms with E-state index in [1.807, 2.05) is 42.6 Å². The highest BCUT2D eigenvalue weighted by Gasteiger charge is 2.66. The van der Waals surface area contributed by atoms with Crippen LogP contribution in [0.1, 0.15) is 11.3 Å². The van der Waals surface area contributed by atoms with E-state index in [1.54, 1.807) is 17.2 Å². The Morgan fingerprint density at radius 2 is 2.16 bits per heavy atom. The molecule has 0 aliphatic carbocycles. The molecular formula is C24H23N3O4. The quantitative estimate of drug-likeness (QED) is 0.603. The Morgan fingerprint density at radius 3 is 3.03 bits per heavy atom. The lowest BCUT2D eigenvalue weighted by atomic mass is 9.77. The Balaban J connectivity index is 1.15. The molecule has 158 valence electrons. The lowest BCUT2D eigenvalue weighted by molar-refractivity contribution is -0.138. The van der Waals surface area contributed by atoms with Crippen LogP contribution in [0.25, 0.3) is 10.9 Å². The number of amides is 2. The second-order valence-corrected chi connectivity index (χ2v) is 8.57. The summed E-state index contributed by atoms with van der Waals surface area (Å²) in [7, 11) is 0. The van der Waals surface area contributed by atoms with Gasteiger partial charge in [0.15, 0.2) is 0 Å². The Kier molecular flexibility index (Phi) is 4.08. The number of nitrogens with one attached hydrogen (secondary N) is 2. The normalized spacial score (nSPS) is 28.6. The third kappa shape index (κ3) is 2.84. The number of carbonyl (C=O) groups excluding carboxylic acids is 2. The highest BCUT2D eigenvalue weighted by atomic mass is 16.5. The molecule has 2 N–H and O–H groups in total. The summed E-state index contributed by atoms with van der Waals surface area (Å²) in [5, 5.41) is 4.21. The molecule has 2 fully saturated rings. The molecule has 0 saturated carbocycles. The van der Waals surface area contributed by atoms with Crippen molar-refractivity contribution in [3.63, 3.8) is 0 Å². The average Bonchev–Trinajstić information content (AvgIpc) is 3.58. The Labute approximate surface area is 179 Å². The molecule has 6 rings (SSSR count). The zero-order valence-electron chi connectivity index (χ0n) is 16.9. The van der Waals surface area contributed by atoms with Gasteiger partial charge < -0.3 is 24.4 Å². The van der Waals surface area contributed by atoms with Crippen molar-refractivity contribution in [2.24, 2.45) is 11.8 Å². The number of rotatable bonds is 6. The van der Waals surface area contributed by atoms with Gasteiger partial charge in [0.25, 0.3) is 0 Å². The minimum atomic E-state index is -0.701. The number of furan rings is 1. The van der Waals surface area contributed by atoms with Crippen LogP contribution in [0.2, 0.25) is 0 Å². The van der Waals surface area contributed by atoms with Crippen molar-refractivity contribution in [3.05, 3.63) is 72.3 Å². The van der Waals surface area contributed by atoms with Crippen molar-refractivity contribution in [1.82, 2.24) is 15.2 Å². The minimum absolute atomic E-state index is 0.0416. The Morgan fingerprint density at radius 1 is 1.26 bits per heavy atom. The topological polar surface area (TPSA) is 87.6 Å². The molecule has 31 heavy (non-hydrogen) atoms. The molecule has 3 aromatic rings. The number of ether oxygens (including phenoxy) is 1. The first-order valence-corrected chi connectivity index (χ1v) is 10.7. The number of benzene rings is 1. The minimum Gasteiger partial charge on any atom is -0.467 e. The van der Waals surface area contributed by atoms with E-state index in [4.69, 9.17) is 9.15 Å². The van der Waals surface area contributed by atoms with Crippen LogP contribution >= 0.6 is 0 Å². The van der Waals surface area contributed by atoms with Crippen LogP contribution in [-0.2, 0) is 27.3 Å². The molecule has 3 unspecified atom stereocenters. The zero-order valence-corrected chi connectivity index (χ0v) is 16.9. The van der Waals surface area contributed by atoms with Crippen molar-refractivity contribution >= 4 is 22.7 Å². The molecule has 2 saturated heterocycles. The fraction of sp³-hybridized carbons (Fsp3) is 0.333. The van der Waals surface area contributed by atoms with Crippen molar-refractivity contribution < 1.29 is 18.7 Å². The first-order chi connectivity index (χ1) is 15.1. The third-order valence-electron chi connectivity index (χ3n) is 6.78. The maximum absolute atomic E-state index is 13.2. The number of hydrogen-bond donors (Lipinski definition) is 2. The second-order valence-electron chi connectivity index (χ2n) is 8.57. The van der Waals surface area contributed by atoms with Crippen LogP contribution < -0.4 is 5.32 Å². The van der Waals surface area contributed by atoms with Gasteiger partial charge in [-0.05, 0) is 30.2 Å². The van der Waals surface area contributed by atoms with Gasteiger partial charge in [-0.25, -0.2) is 0 Å². The summed E-state index contributed by atoms with van der Waals surface area (Å²) in [4.78, 5) is 31.3. The molecule has 5 heterocycles. The monoisotopic (exact) mass is 417 g/mol. The summed E-state index contributed by atoms with van der Waals surface area (Å²) >= 11 is 0. The molecule has 2 bridgehead atoms. The van der Waals surface area contributed by atoms with Gasteiger partial charge in [0.2, 0.25) is 11.8 Å². The number of para-hydroxylation sites is 1. The number of aromatic nitrogens is 1. The summed E-state index contributed by atoms with van der Waals surface area (Å²) in [5.74, 6) is -0.412. The third-order valence-corrected chi connectivity index (χ3v) is 6.78. The van der Waals surface area contributed by atoms with E-state index in [9.17, 15) is 9.59 Å². The van der Waals surface area contributed by atoms with Gasteiger partial charge in [-0.15, -0.1) is 0 Å². The van der Waals surface area contributed by atoms with Crippen LogP contribution in [0.3, 0.4) is 0 Å². The van der Waals surface area contributed by atoms with E-state index < -0.39 is 17.4 Å². The maximum atomic E-state index is 13.2. The molecule has 2 amide bonds. The number of aromatic amines is 1. The van der Waals surface area contributed by atoms with Gasteiger partial charge in [0, 0.05) is 23.6 Å². The van der Waals surface area contributed by atoms with Crippen LogP contribution in [0.5, 0.6) is 0 Å². The molecule has 4 atom stereocenters. The predicted molar refractivity (Wildman–Crippen MR) is 113 cm³/mol. The van der Waals surface area contributed by atoms with E-state index in [1.165, 1.54) is 5.39 Å². The van der Waals surface area contributed by atoms with Gasteiger partial charge in [-0.2, -0.15) is 0 Å². The average molecular weight is 417 g/mol. The summed E-state index contributed by atoms with van der Waals surface area (Å²) in [6, 6.07) is 11.8. The van der Waals surface area contributed by atoms with Gasteiger partial charge in [0.1, 0.15) is 11.4 Å². The van der Waals surface area contributed by atoms with E-state index in [-0.39, 0.29) is 17.9 Å². The molecule has 2 aromatic heterocycles. The van der Waals surface area contributed by atoms with E-state index in [0.29, 0.717) is 19.6 Å². The fourth-order valence-corrected chi connectivity index (χ4v) is 5.38. The molecule has 1 spiro atoms. The Bertz CT molecular complexity index is 1180. The molecule has 0 radical (unpaired) electrons. The predicted octanol–water partition coefficient (Wildman–Crippen LogP) is 2.40. The first kappa shape index (κ1) is 18.4. The molecule has 3 aliphatic rings. The summed E-state index contributed by atoms with van der Waals surface area (Å²) in [5.41, 5.74) is 1.55. The Hall–Kier alpha value is -3.32. The largest absolute Gasteiger partial charge is 0.467 e. The lowest BCUT2D eigenvalue weighted by Gasteiger charge is -2.23. The van der Waals surface area contributed by atoms with Crippen LogP contribution in [0, 0.1) is 11.8 Å². The summed E-state index contributed by atoms with van der Waals surface area (Å²) in [6.45, 7) is 1.35. The number of carbonyl (C=O) groups is 2. The number of hydrogen-bond acceptors (Lipinski definition) is 4. The molecule has 7 heteroatoms. The fourth-order valence-electron chi connectivity index (χ4n) is 5.38. The van der Waals surface area contributed by atoms with Crippen LogP contribution in [0.4, 0.5) is 0 Å². The number of fused-ring (bicyclic) bond motifs is 2. The molecular weight excluding hydrogens is 394 g/mol. The maximum Gasteiger partial charge on any atom is 0.230 e. The van der Waals surface area contributed by atoms with Crippen LogP contribution in [0.15, 0.2) is 65.4 Å². The lowest BCUT2D eigenvalue weighted by Crippen LogP contribution is -2.44. The van der Waals surface area contributed by atoms with Crippen molar-refractivity contribution in [2.45, 2.75) is 24.7 Å². The zero-order chi connectivity index (χ0) is 21.0. The SMILES string of the molecule is O=C(NCCc1c[nH]c2ccccc12)C1C2C(=O)N(Cc3ccco3)CC23C=C[C@H]1O3. The molecule has 1 aromatic carbocycles. The van der Waals surface area contributed by atoms with Crippen molar-refractivity contribution in [3.8, 4) is 0 Å². The van der Waals surface area contributed by atoms with E-state index >= 15 is 0 Å². The van der Waals surface area contributed by atoms with Crippen LogP contribution in [-0.4, -0.2) is 46.5 Å². The smallest absolute Gasteiger partial charge is 0.230 e. The van der Waals surface area contributed by atoms with Crippen molar-refractivity contribution in [1.29, 1.82) is 0 Å². The second kappa shape index (κ2) is 6.85. The first-order valence-electron chi connectivity index (χ1n) is 10.7. The molecule has 3 aliphatic heterocycles. The van der Waals surface area contributed by atoms with Gasteiger partial charge in [0.05, 0.1) is 37.3 Å².